The molecule has 4 heteroatoms. The summed E-state index contributed by atoms with van der Waals surface area (Å²) in [5, 5.41) is 3.87. The van der Waals surface area contributed by atoms with E-state index in [1.807, 2.05) is 6.08 Å². The first kappa shape index (κ1) is 17.9. The largest absolute Gasteiger partial charge is 0.290 e. The predicted molar refractivity (Wildman–Crippen MR) is 103 cm³/mol. The Hall–Kier alpha value is -1.54. The highest BCUT2D eigenvalue weighted by Gasteiger charge is 2.58. The molecule has 0 unspecified atom stereocenters. The minimum Gasteiger partial charge on any atom is -0.290 e. The highest BCUT2D eigenvalue weighted by molar-refractivity contribution is 6.01. The number of ketones is 1. The van der Waals surface area contributed by atoms with Gasteiger partial charge in [-0.25, -0.2) is 0 Å². The van der Waals surface area contributed by atoms with Gasteiger partial charge in [0.15, 0.2) is 5.78 Å². The van der Waals surface area contributed by atoms with Gasteiger partial charge in [-0.3, -0.25) is 4.79 Å². The number of carbonyl (C=O) groups is 1. The van der Waals surface area contributed by atoms with Crippen molar-refractivity contribution in [3.8, 4) is 0 Å². The number of fused-ring (bicyclic) bond motifs is 5. The van der Waals surface area contributed by atoms with E-state index in [9.17, 15) is 4.79 Å². The minimum absolute atomic E-state index is 0.0902. The maximum Gasteiger partial charge on any atom is 0.178 e. The summed E-state index contributed by atoms with van der Waals surface area (Å²) in [6.07, 6.45) is 13.4. The van der Waals surface area contributed by atoms with Crippen LogP contribution in [-0.4, -0.2) is 12.3 Å². The second-order valence-electron chi connectivity index (χ2n) is 9.72. The fraction of sp³-hybridized carbons (Fsp3) is 0.773. The lowest BCUT2D eigenvalue weighted by Gasteiger charge is -2.57. The molecule has 0 spiro atoms. The number of allylic oxidation sites excluding steroid dienone is 4. The van der Waals surface area contributed by atoms with Gasteiger partial charge in [0.25, 0.3) is 0 Å². The molecule has 7 atom stereocenters. The summed E-state index contributed by atoms with van der Waals surface area (Å²) < 4.78 is 0. The van der Waals surface area contributed by atoms with Crippen molar-refractivity contribution < 1.29 is 4.79 Å². The minimum atomic E-state index is 0.0902. The molecule has 3 saturated carbocycles. The molecule has 4 aliphatic rings. The molecule has 0 amide bonds. The average molecular weight is 354 g/mol. The number of nitrogens with zero attached hydrogens (tertiary/aromatic N) is 3. The highest BCUT2D eigenvalue weighted by Crippen LogP contribution is 2.66. The smallest absolute Gasteiger partial charge is 0.178 e. The molecule has 0 N–H and O–H groups in total. The lowest BCUT2D eigenvalue weighted by Crippen LogP contribution is -2.50. The van der Waals surface area contributed by atoms with E-state index in [2.05, 4.69) is 36.9 Å². The maximum atomic E-state index is 11.9. The monoisotopic (exact) mass is 353 g/mol. The van der Waals surface area contributed by atoms with Crippen molar-refractivity contribution in [2.24, 2.45) is 45.5 Å². The molecule has 0 aromatic rings. The first-order chi connectivity index (χ1) is 12.4. The molecule has 4 aliphatic carbocycles. The van der Waals surface area contributed by atoms with E-state index >= 15 is 0 Å². The van der Waals surface area contributed by atoms with E-state index in [1.165, 1.54) is 37.7 Å². The fourth-order valence-corrected chi connectivity index (χ4v) is 7.47. The number of hydrogen-bond donors (Lipinski definition) is 0. The van der Waals surface area contributed by atoms with E-state index in [0.29, 0.717) is 29.7 Å². The van der Waals surface area contributed by atoms with Crippen LogP contribution in [0, 0.1) is 40.4 Å². The Morgan fingerprint density at radius 3 is 2.85 bits per heavy atom. The first-order valence-corrected chi connectivity index (χ1v) is 10.4. The van der Waals surface area contributed by atoms with Gasteiger partial charge in [-0.05, 0) is 91.2 Å². The van der Waals surface area contributed by atoms with Crippen molar-refractivity contribution in [3.05, 3.63) is 34.2 Å². The molecule has 0 aliphatic heterocycles. The molecule has 0 radical (unpaired) electrons. The third-order valence-corrected chi connectivity index (χ3v) is 8.75. The summed E-state index contributed by atoms with van der Waals surface area (Å²) in [6, 6.07) is 0. The lowest BCUT2D eigenvalue weighted by molar-refractivity contribution is -0.111. The number of carbonyl (C=O) groups excluding carboxylic acids is 1. The van der Waals surface area contributed by atoms with E-state index < -0.39 is 0 Å². The van der Waals surface area contributed by atoms with Crippen LogP contribution in [0.5, 0.6) is 0 Å². The molecule has 0 saturated heterocycles. The van der Waals surface area contributed by atoms with Gasteiger partial charge in [-0.1, -0.05) is 37.5 Å². The van der Waals surface area contributed by atoms with Crippen molar-refractivity contribution >= 4 is 5.78 Å². The normalized spacial score (nSPS) is 45.0. The molecule has 0 aromatic heterocycles. The van der Waals surface area contributed by atoms with Crippen LogP contribution in [0.3, 0.4) is 0 Å². The van der Waals surface area contributed by atoms with E-state index in [0.717, 1.165) is 18.3 Å². The highest BCUT2D eigenvalue weighted by atomic mass is 16.1. The Morgan fingerprint density at radius 1 is 1.27 bits per heavy atom. The maximum absolute atomic E-state index is 11.9. The van der Waals surface area contributed by atoms with Gasteiger partial charge >= 0.3 is 0 Å². The van der Waals surface area contributed by atoms with Crippen molar-refractivity contribution in [3.63, 3.8) is 0 Å². The second kappa shape index (κ2) is 6.27. The van der Waals surface area contributed by atoms with Crippen LogP contribution in [0.2, 0.25) is 0 Å². The zero-order valence-corrected chi connectivity index (χ0v) is 16.3. The third-order valence-electron chi connectivity index (χ3n) is 8.75. The Balaban J connectivity index is 1.60. The molecule has 0 bridgehead atoms. The predicted octanol–water partition coefficient (Wildman–Crippen LogP) is 5.86. The topological polar surface area (TPSA) is 65.8 Å². The molecule has 0 heterocycles. The summed E-state index contributed by atoms with van der Waals surface area (Å²) in [6.45, 7) is 7.80. The zero-order chi connectivity index (χ0) is 18.5. The summed E-state index contributed by atoms with van der Waals surface area (Å²) in [5.74, 6) is 3.54. The molecular formula is C22H31N3O. The van der Waals surface area contributed by atoms with Crippen molar-refractivity contribution in [2.45, 2.75) is 59.3 Å². The summed E-state index contributed by atoms with van der Waals surface area (Å²) >= 11 is 0. The lowest BCUT2D eigenvalue weighted by atomic mass is 9.47. The summed E-state index contributed by atoms with van der Waals surface area (Å²) in [7, 11) is 0. The average Bonchev–Trinajstić information content (AvgIpc) is 2.97. The van der Waals surface area contributed by atoms with Gasteiger partial charge in [0.2, 0.25) is 0 Å². The number of rotatable bonds is 3. The third kappa shape index (κ3) is 2.49. The SMILES string of the molecule is C[C@H](CN=[N+]=[N-])[C@H]1CC[C@H]2[C@@H]3CCC4=CC(=O)C=C[C@]4(C)[C@H]3CC[C@]12C. The second-order valence-corrected chi connectivity index (χ2v) is 9.72. The van der Waals surface area contributed by atoms with Crippen LogP contribution in [0.4, 0.5) is 0 Å². The van der Waals surface area contributed by atoms with Crippen LogP contribution in [0.1, 0.15) is 59.3 Å². The Labute approximate surface area is 156 Å². The zero-order valence-electron chi connectivity index (χ0n) is 16.3. The molecule has 140 valence electrons. The van der Waals surface area contributed by atoms with Gasteiger partial charge in [-0.2, -0.15) is 0 Å². The molecule has 26 heavy (non-hydrogen) atoms. The van der Waals surface area contributed by atoms with Crippen LogP contribution in [0.25, 0.3) is 10.4 Å². The van der Waals surface area contributed by atoms with Crippen molar-refractivity contribution in [2.75, 3.05) is 6.54 Å². The molecule has 4 nitrogen and oxygen atoms in total. The Kier molecular flexibility index (Phi) is 4.30. The van der Waals surface area contributed by atoms with Gasteiger partial charge in [0.05, 0.1) is 0 Å². The van der Waals surface area contributed by atoms with Crippen LogP contribution in [0.15, 0.2) is 28.9 Å². The van der Waals surface area contributed by atoms with E-state index in [1.54, 1.807) is 6.08 Å². The standard InChI is InChI=1S/C22H31N3O/c1-14(13-24-25-23)18-6-7-19-17-5-4-15-12-16(26)8-10-21(15,2)20(17)9-11-22(18,19)3/h8,10,12,14,17-20H,4-7,9,11,13H2,1-3H3/t14-,17+,18-,19+,20+,21+,22-/m1/s1. The summed E-state index contributed by atoms with van der Waals surface area (Å²) in [4.78, 5) is 14.8. The molecular weight excluding hydrogens is 322 g/mol. The first-order valence-electron chi connectivity index (χ1n) is 10.4. The Morgan fingerprint density at radius 2 is 2.08 bits per heavy atom. The number of hydrogen-bond acceptors (Lipinski definition) is 2. The Bertz CT molecular complexity index is 719. The fourth-order valence-electron chi connectivity index (χ4n) is 7.47. The number of azide groups is 1. The van der Waals surface area contributed by atoms with Crippen molar-refractivity contribution in [1.29, 1.82) is 0 Å². The molecule has 4 rings (SSSR count). The van der Waals surface area contributed by atoms with Gasteiger partial charge in [0, 0.05) is 16.9 Å². The van der Waals surface area contributed by atoms with Crippen LogP contribution in [-0.2, 0) is 4.79 Å². The van der Waals surface area contributed by atoms with Gasteiger partial charge in [-0.15, -0.1) is 0 Å². The van der Waals surface area contributed by atoms with E-state index in [4.69, 9.17) is 5.53 Å². The quantitative estimate of drug-likeness (QED) is 0.356. The van der Waals surface area contributed by atoms with Gasteiger partial charge in [0.1, 0.15) is 0 Å². The molecule has 0 aromatic carbocycles. The summed E-state index contributed by atoms with van der Waals surface area (Å²) in [5.41, 5.74) is 10.5. The molecule has 3 fully saturated rings. The van der Waals surface area contributed by atoms with Crippen LogP contribution >= 0.6 is 0 Å². The van der Waals surface area contributed by atoms with Gasteiger partial charge < -0.3 is 0 Å². The van der Waals surface area contributed by atoms with E-state index in [-0.39, 0.29) is 11.2 Å². The van der Waals surface area contributed by atoms with Crippen molar-refractivity contribution in [1.82, 2.24) is 0 Å². The van der Waals surface area contributed by atoms with Crippen LogP contribution < -0.4 is 0 Å².